The molecule has 2 heterocycles. The van der Waals surface area contributed by atoms with Crippen LogP contribution >= 0.6 is 35.6 Å². The molecule has 1 aromatic heterocycles. The number of nitrogens with zero attached hydrogens (tertiary/aromatic N) is 4. The summed E-state index contributed by atoms with van der Waals surface area (Å²) < 4.78 is 1.76. The van der Waals surface area contributed by atoms with Gasteiger partial charge in [-0.2, -0.15) is 10.1 Å². The number of halogens is 1. The van der Waals surface area contributed by atoms with Gasteiger partial charge < -0.3 is 0 Å². The van der Waals surface area contributed by atoms with E-state index in [1.54, 1.807) is 47.3 Å². The van der Waals surface area contributed by atoms with Crippen molar-refractivity contribution in [1.29, 1.82) is 0 Å². The quantitative estimate of drug-likeness (QED) is 0.140. The summed E-state index contributed by atoms with van der Waals surface area (Å²) in [6, 6.07) is 21.9. The minimum atomic E-state index is -0.581. The van der Waals surface area contributed by atoms with Gasteiger partial charge in [0.25, 0.3) is 17.5 Å². The van der Waals surface area contributed by atoms with Crippen molar-refractivity contribution in [2.45, 2.75) is 0 Å². The number of carbonyl (C=O) groups excluding carboxylic acids is 2. The van der Waals surface area contributed by atoms with Crippen LogP contribution in [0.3, 0.4) is 0 Å². The lowest BCUT2D eigenvalue weighted by Gasteiger charge is -2.16. The molecule has 0 saturated carbocycles. The lowest BCUT2D eigenvalue weighted by molar-refractivity contribution is -0.384. The number of aromatic nitrogens is 2. The fourth-order valence-electron chi connectivity index (χ4n) is 3.71. The van der Waals surface area contributed by atoms with Gasteiger partial charge >= 0.3 is 0 Å². The first-order valence-electron chi connectivity index (χ1n) is 11.1. The van der Waals surface area contributed by atoms with E-state index in [0.29, 0.717) is 16.8 Å². The molecule has 0 unspecified atom stereocenters. The van der Waals surface area contributed by atoms with Crippen LogP contribution in [0.25, 0.3) is 23.0 Å². The third kappa shape index (κ3) is 5.07. The smallest absolute Gasteiger partial charge is 0.267 e. The van der Waals surface area contributed by atoms with Crippen molar-refractivity contribution in [3.8, 4) is 16.9 Å². The number of thiocarbonyl (C=S) groups is 1. The average Bonchev–Trinajstić information content (AvgIpc) is 3.46. The maximum atomic E-state index is 13.2. The molecular weight excluding hydrogens is 546 g/mol. The van der Waals surface area contributed by atoms with E-state index in [-0.39, 0.29) is 25.5 Å². The van der Waals surface area contributed by atoms with Crippen LogP contribution < -0.4 is 5.43 Å². The molecule has 1 aliphatic rings. The second-order valence-corrected chi connectivity index (χ2v) is 10.0. The highest BCUT2D eigenvalue weighted by atomic mass is 35.5. The zero-order chi connectivity index (χ0) is 26.8. The Morgan fingerprint density at radius 3 is 2.55 bits per heavy atom. The normalized spacial score (nSPS) is 14.2. The van der Waals surface area contributed by atoms with Crippen LogP contribution in [0, 0.1) is 10.1 Å². The summed E-state index contributed by atoms with van der Waals surface area (Å²) in [4.78, 5) is 37.1. The molecular formula is C26H16ClN5O4S2. The number of nitrogens with one attached hydrogen (secondary N) is 1. The first kappa shape index (κ1) is 25.3. The Hall–Kier alpha value is -4.32. The van der Waals surface area contributed by atoms with E-state index in [1.807, 2.05) is 30.3 Å². The summed E-state index contributed by atoms with van der Waals surface area (Å²) in [5.74, 6) is -1.11. The van der Waals surface area contributed by atoms with E-state index in [4.69, 9.17) is 23.8 Å². The molecule has 1 saturated heterocycles. The third-order valence-corrected chi connectivity index (χ3v) is 7.14. The van der Waals surface area contributed by atoms with Crippen LogP contribution in [0.4, 0.5) is 5.69 Å². The van der Waals surface area contributed by atoms with Crippen molar-refractivity contribution < 1.29 is 14.5 Å². The third-order valence-electron chi connectivity index (χ3n) is 5.51. The van der Waals surface area contributed by atoms with E-state index in [2.05, 4.69) is 10.5 Å². The molecule has 1 fully saturated rings. The Bertz CT molecular complexity index is 1640. The second kappa shape index (κ2) is 10.6. The molecule has 38 heavy (non-hydrogen) atoms. The van der Waals surface area contributed by atoms with Crippen LogP contribution in [0.1, 0.15) is 15.9 Å². The van der Waals surface area contributed by atoms with Gasteiger partial charge in [-0.3, -0.25) is 25.1 Å². The van der Waals surface area contributed by atoms with Gasteiger partial charge in [-0.25, -0.2) is 4.68 Å². The molecule has 12 heteroatoms. The zero-order valence-electron chi connectivity index (χ0n) is 19.3. The Morgan fingerprint density at radius 1 is 1.08 bits per heavy atom. The first-order valence-corrected chi connectivity index (χ1v) is 12.7. The highest BCUT2D eigenvalue weighted by Crippen LogP contribution is 2.35. The Balaban J connectivity index is 1.51. The number of rotatable bonds is 6. The lowest BCUT2D eigenvalue weighted by atomic mass is 10.1. The molecule has 1 aliphatic heterocycles. The minimum absolute atomic E-state index is 0.0867. The molecule has 4 aromatic rings. The van der Waals surface area contributed by atoms with Gasteiger partial charge in [0.15, 0.2) is 4.32 Å². The molecule has 0 spiro atoms. The van der Waals surface area contributed by atoms with Crippen molar-refractivity contribution >= 4 is 63.5 Å². The maximum absolute atomic E-state index is 13.2. The second-order valence-electron chi connectivity index (χ2n) is 7.96. The monoisotopic (exact) mass is 561 g/mol. The van der Waals surface area contributed by atoms with Gasteiger partial charge in [0, 0.05) is 29.5 Å². The van der Waals surface area contributed by atoms with Crippen LogP contribution in [0.2, 0.25) is 5.02 Å². The number of hydrazine groups is 1. The summed E-state index contributed by atoms with van der Waals surface area (Å²) >= 11 is 12.5. The predicted octanol–water partition coefficient (Wildman–Crippen LogP) is 5.65. The van der Waals surface area contributed by atoms with E-state index in [0.717, 1.165) is 22.5 Å². The topological polar surface area (TPSA) is 110 Å². The Kier molecular flexibility index (Phi) is 7.05. The Morgan fingerprint density at radius 2 is 1.82 bits per heavy atom. The van der Waals surface area contributed by atoms with Crippen LogP contribution in [0.15, 0.2) is 90.0 Å². The summed E-state index contributed by atoms with van der Waals surface area (Å²) in [5, 5.41) is 17.2. The maximum Gasteiger partial charge on any atom is 0.285 e. The molecule has 1 N–H and O–H groups in total. The molecule has 0 radical (unpaired) electrons. The zero-order valence-corrected chi connectivity index (χ0v) is 21.7. The van der Waals surface area contributed by atoms with E-state index in [9.17, 15) is 19.7 Å². The molecule has 188 valence electrons. The SMILES string of the molecule is O=C(NN1C(=O)/C(=C/c2cn(-c3ccccc3)nc2-c2cccc([N+](=O)[O-])c2)SC1=S)c1ccccc1Cl. The lowest BCUT2D eigenvalue weighted by Crippen LogP contribution is -2.44. The van der Waals surface area contributed by atoms with E-state index >= 15 is 0 Å². The van der Waals surface area contributed by atoms with E-state index in [1.165, 1.54) is 18.2 Å². The Labute approximate surface area is 230 Å². The molecule has 0 atom stereocenters. The van der Waals surface area contributed by atoms with Gasteiger partial charge in [-0.05, 0) is 42.6 Å². The average molecular weight is 562 g/mol. The fourth-order valence-corrected chi connectivity index (χ4v) is 5.10. The minimum Gasteiger partial charge on any atom is -0.267 e. The van der Waals surface area contributed by atoms with Gasteiger partial charge in [0.1, 0.15) is 5.69 Å². The number of hydrogen-bond donors (Lipinski definition) is 1. The number of hydrogen-bond acceptors (Lipinski definition) is 7. The van der Waals surface area contributed by atoms with Gasteiger partial charge in [-0.1, -0.05) is 65.8 Å². The summed E-state index contributed by atoms with van der Waals surface area (Å²) in [5.41, 5.74) is 4.85. The van der Waals surface area contributed by atoms with Crippen molar-refractivity contribution in [3.05, 3.63) is 116 Å². The highest BCUT2D eigenvalue weighted by Gasteiger charge is 2.34. The molecule has 3 aromatic carbocycles. The van der Waals surface area contributed by atoms with E-state index < -0.39 is 16.7 Å². The largest absolute Gasteiger partial charge is 0.285 e. The summed E-state index contributed by atoms with van der Waals surface area (Å²) in [6.07, 6.45) is 3.32. The van der Waals surface area contributed by atoms with Crippen molar-refractivity contribution in [2.24, 2.45) is 0 Å². The summed E-state index contributed by atoms with van der Waals surface area (Å²) in [7, 11) is 0. The number of benzene rings is 3. The highest BCUT2D eigenvalue weighted by molar-refractivity contribution is 8.26. The number of amides is 2. The standard InChI is InChI=1S/C26H16ClN5O4S2/c27-21-12-5-4-11-20(21)24(33)29-31-25(34)22(38-26(31)37)14-17-15-30(18-8-2-1-3-9-18)28-23(17)16-7-6-10-19(13-16)32(35)36/h1-15H,(H,29,33)/b22-14-. The number of nitro groups is 1. The molecule has 2 amide bonds. The molecule has 0 aliphatic carbocycles. The van der Waals surface area contributed by atoms with Gasteiger partial charge in [-0.15, -0.1) is 0 Å². The van der Waals surface area contributed by atoms with Crippen LogP contribution in [0.5, 0.6) is 0 Å². The number of non-ortho nitro benzene ring substituents is 1. The van der Waals surface area contributed by atoms with Crippen molar-refractivity contribution in [3.63, 3.8) is 0 Å². The number of carbonyl (C=O) groups is 2. The van der Waals surface area contributed by atoms with Gasteiger partial charge in [0.05, 0.1) is 26.1 Å². The number of nitro benzene ring substituents is 1. The van der Waals surface area contributed by atoms with Crippen molar-refractivity contribution in [2.75, 3.05) is 0 Å². The van der Waals surface area contributed by atoms with Crippen LogP contribution in [-0.2, 0) is 4.79 Å². The fraction of sp³-hybridized carbons (Fsp3) is 0. The number of para-hydroxylation sites is 1. The first-order chi connectivity index (χ1) is 18.3. The molecule has 9 nitrogen and oxygen atoms in total. The van der Waals surface area contributed by atoms with Crippen LogP contribution in [-0.4, -0.2) is 35.8 Å². The molecule has 0 bridgehead atoms. The summed E-state index contributed by atoms with van der Waals surface area (Å²) in [6.45, 7) is 0. The predicted molar refractivity (Wildman–Crippen MR) is 150 cm³/mol. The van der Waals surface area contributed by atoms with Crippen molar-refractivity contribution in [1.82, 2.24) is 20.2 Å². The number of thioether (sulfide) groups is 1. The molecule has 5 rings (SSSR count). The van der Waals surface area contributed by atoms with Gasteiger partial charge in [0.2, 0.25) is 0 Å².